The summed E-state index contributed by atoms with van der Waals surface area (Å²) >= 11 is 5.90. The minimum absolute atomic E-state index is 0.0406. The Hall–Kier alpha value is -3.33. The molecule has 10 heteroatoms. The summed E-state index contributed by atoms with van der Waals surface area (Å²) in [7, 11) is 1.35. The molecule has 1 aliphatic carbocycles. The molecular weight excluding hydrogens is 470 g/mol. The molecule has 2 amide bonds. The van der Waals surface area contributed by atoms with Gasteiger partial charge in [-0.2, -0.15) is 8.78 Å². The van der Waals surface area contributed by atoms with Gasteiger partial charge < -0.3 is 15.0 Å². The minimum atomic E-state index is -3.82. The maximum Gasteiger partial charge on any atom is 0.349 e. The largest absolute Gasteiger partial charge is 0.495 e. The van der Waals surface area contributed by atoms with Crippen molar-refractivity contribution in [1.29, 1.82) is 0 Å². The highest BCUT2D eigenvalue weighted by Crippen LogP contribution is 2.34. The molecule has 2 aromatic rings. The summed E-state index contributed by atoms with van der Waals surface area (Å²) in [4.78, 5) is 50.2. The number of nitrogens with one attached hydrogen (secondary N) is 1. The van der Waals surface area contributed by atoms with Crippen LogP contribution in [0.2, 0.25) is 5.02 Å². The first kappa shape index (κ1) is 23.8. The van der Waals surface area contributed by atoms with Crippen molar-refractivity contribution in [3.63, 3.8) is 0 Å². The fourth-order valence-corrected chi connectivity index (χ4v) is 4.49. The molecule has 178 valence electrons. The third-order valence-corrected chi connectivity index (χ3v) is 6.37. The SMILES string of the molecule is COc1ccc(C(F)(F)C(=O)NCc2ccc3c(c2)CN(C2CCC(=O)CC2=O)C3=O)cc1Cl. The second-order valence-electron chi connectivity index (χ2n) is 8.27. The van der Waals surface area contributed by atoms with E-state index in [4.69, 9.17) is 16.3 Å². The molecule has 0 radical (unpaired) electrons. The molecule has 1 saturated carbocycles. The van der Waals surface area contributed by atoms with Crippen LogP contribution in [0.25, 0.3) is 0 Å². The summed E-state index contributed by atoms with van der Waals surface area (Å²) < 4.78 is 34.2. The van der Waals surface area contributed by atoms with Crippen LogP contribution in [-0.4, -0.2) is 41.4 Å². The Balaban J connectivity index is 1.43. The number of hydrogen-bond donors (Lipinski definition) is 1. The van der Waals surface area contributed by atoms with Gasteiger partial charge in [-0.3, -0.25) is 19.2 Å². The van der Waals surface area contributed by atoms with Crippen molar-refractivity contribution < 1.29 is 32.7 Å². The van der Waals surface area contributed by atoms with Gasteiger partial charge in [-0.15, -0.1) is 0 Å². The molecule has 1 N–H and O–H groups in total. The second kappa shape index (κ2) is 9.13. The van der Waals surface area contributed by atoms with Crippen LogP contribution in [0.3, 0.4) is 0 Å². The van der Waals surface area contributed by atoms with Crippen LogP contribution in [0.5, 0.6) is 5.75 Å². The molecule has 4 rings (SSSR count). The maximum atomic E-state index is 14.6. The zero-order valence-electron chi connectivity index (χ0n) is 18.2. The quantitative estimate of drug-likeness (QED) is 0.626. The monoisotopic (exact) mass is 490 g/mol. The first-order chi connectivity index (χ1) is 16.1. The number of alkyl halides is 2. The Morgan fingerprint density at radius 1 is 1.21 bits per heavy atom. The van der Waals surface area contributed by atoms with Crippen LogP contribution in [0, 0.1) is 0 Å². The predicted molar refractivity (Wildman–Crippen MR) is 118 cm³/mol. The zero-order valence-corrected chi connectivity index (χ0v) is 19.0. The lowest BCUT2D eigenvalue weighted by Gasteiger charge is -2.29. The number of carbonyl (C=O) groups excluding carboxylic acids is 4. The van der Waals surface area contributed by atoms with E-state index in [1.807, 2.05) is 0 Å². The van der Waals surface area contributed by atoms with Crippen molar-refractivity contribution in [3.8, 4) is 5.75 Å². The molecule has 0 bridgehead atoms. The number of ketones is 2. The number of methoxy groups -OCH3 is 1. The third kappa shape index (κ3) is 4.40. The average molecular weight is 491 g/mol. The van der Waals surface area contributed by atoms with Gasteiger partial charge in [-0.05, 0) is 41.8 Å². The van der Waals surface area contributed by atoms with E-state index in [9.17, 15) is 28.0 Å². The Morgan fingerprint density at radius 2 is 1.97 bits per heavy atom. The van der Waals surface area contributed by atoms with Crippen molar-refractivity contribution in [2.45, 2.75) is 44.3 Å². The first-order valence-corrected chi connectivity index (χ1v) is 11.0. The van der Waals surface area contributed by atoms with Crippen molar-refractivity contribution in [3.05, 3.63) is 63.7 Å². The van der Waals surface area contributed by atoms with E-state index < -0.39 is 23.4 Å². The number of amides is 2. The molecule has 0 saturated heterocycles. The number of halogens is 3. The molecule has 2 aromatic carbocycles. The van der Waals surface area contributed by atoms with Gasteiger partial charge in [0.2, 0.25) is 0 Å². The predicted octanol–water partition coefficient (Wildman–Crippen LogP) is 3.40. The minimum Gasteiger partial charge on any atom is -0.495 e. The molecule has 2 aliphatic rings. The Bertz CT molecular complexity index is 1200. The van der Waals surface area contributed by atoms with Gasteiger partial charge in [-0.25, -0.2) is 0 Å². The van der Waals surface area contributed by atoms with E-state index in [2.05, 4.69) is 5.32 Å². The van der Waals surface area contributed by atoms with Crippen molar-refractivity contribution in [2.75, 3.05) is 7.11 Å². The highest BCUT2D eigenvalue weighted by atomic mass is 35.5. The second-order valence-corrected chi connectivity index (χ2v) is 8.67. The molecule has 7 nitrogen and oxygen atoms in total. The third-order valence-electron chi connectivity index (χ3n) is 6.07. The molecule has 0 aromatic heterocycles. The van der Waals surface area contributed by atoms with Crippen LogP contribution < -0.4 is 10.1 Å². The Morgan fingerprint density at radius 3 is 2.65 bits per heavy atom. The molecule has 1 unspecified atom stereocenters. The van der Waals surface area contributed by atoms with Crippen LogP contribution in [-0.2, 0) is 33.4 Å². The van der Waals surface area contributed by atoms with Gasteiger partial charge >= 0.3 is 5.92 Å². The molecule has 0 spiro atoms. The van der Waals surface area contributed by atoms with E-state index in [-0.39, 0.29) is 54.2 Å². The highest BCUT2D eigenvalue weighted by molar-refractivity contribution is 6.32. The van der Waals surface area contributed by atoms with Gasteiger partial charge in [0.1, 0.15) is 11.5 Å². The van der Waals surface area contributed by atoms with Crippen LogP contribution in [0.4, 0.5) is 8.78 Å². The lowest BCUT2D eigenvalue weighted by molar-refractivity contribution is -0.147. The fraction of sp³-hybridized carbons (Fsp3) is 0.333. The summed E-state index contributed by atoms with van der Waals surface area (Å²) in [5.74, 6) is -5.81. The number of ether oxygens (including phenoxy) is 1. The normalized spacial score (nSPS) is 18.2. The lowest BCUT2D eigenvalue weighted by Crippen LogP contribution is -2.44. The van der Waals surface area contributed by atoms with Crippen LogP contribution >= 0.6 is 11.6 Å². The van der Waals surface area contributed by atoms with Gasteiger partial charge in [-0.1, -0.05) is 23.7 Å². The van der Waals surface area contributed by atoms with Crippen molar-refractivity contribution in [2.24, 2.45) is 0 Å². The number of hydrogen-bond acceptors (Lipinski definition) is 5. The number of carbonyl (C=O) groups is 4. The summed E-state index contributed by atoms with van der Waals surface area (Å²) in [6.07, 6.45) is 0.377. The lowest BCUT2D eigenvalue weighted by atomic mass is 9.92. The summed E-state index contributed by atoms with van der Waals surface area (Å²) in [5.41, 5.74) is 1.00. The number of benzene rings is 2. The molecule has 1 aliphatic heterocycles. The van der Waals surface area contributed by atoms with E-state index >= 15 is 0 Å². The van der Waals surface area contributed by atoms with Gasteiger partial charge in [0, 0.05) is 30.6 Å². The van der Waals surface area contributed by atoms with Gasteiger partial charge in [0.25, 0.3) is 11.8 Å². The zero-order chi connectivity index (χ0) is 24.6. The maximum absolute atomic E-state index is 14.6. The standard InChI is InChI=1S/C24H21ClF2N2O5/c1-34-21-7-3-15(9-18(21)25)24(26,27)23(33)28-11-13-2-5-17-14(8-13)12-29(22(17)32)19-6-4-16(30)10-20(19)31/h2-3,5,7-9,19H,4,6,10-12H2,1H3,(H,28,33). The van der Waals surface area contributed by atoms with Crippen molar-refractivity contribution >= 4 is 35.0 Å². The summed E-state index contributed by atoms with van der Waals surface area (Å²) in [5, 5.41) is 2.18. The smallest absolute Gasteiger partial charge is 0.349 e. The first-order valence-electron chi connectivity index (χ1n) is 10.6. The van der Waals surface area contributed by atoms with Gasteiger partial charge in [0.15, 0.2) is 5.78 Å². The van der Waals surface area contributed by atoms with E-state index in [1.54, 1.807) is 18.2 Å². The molecule has 34 heavy (non-hydrogen) atoms. The average Bonchev–Trinajstić information content (AvgIpc) is 3.12. The summed E-state index contributed by atoms with van der Waals surface area (Å²) in [6, 6.07) is 7.43. The number of nitrogens with zero attached hydrogens (tertiary/aromatic N) is 1. The van der Waals surface area contributed by atoms with Crippen molar-refractivity contribution in [1.82, 2.24) is 10.2 Å². The number of fused-ring (bicyclic) bond motifs is 1. The molecule has 1 heterocycles. The number of rotatable bonds is 6. The molecule has 1 atom stereocenters. The topological polar surface area (TPSA) is 92.8 Å². The summed E-state index contributed by atoms with van der Waals surface area (Å²) in [6.45, 7) is -0.00228. The van der Waals surface area contributed by atoms with Crippen LogP contribution in [0.1, 0.15) is 46.3 Å². The highest BCUT2D eigenvalue weighted by Gasteiger charge is 2.41. The molecule has 1 fully saturated rings. The molecular formula is C24H21ClF2N2O5. The number of Topliss-reactive ketones (excluding diaryl/α,β-unsaturated/α-hetero) is 2. The van der Waals surface area contributed by atoms with E-state index in [0.717, 1.165) is 12.1 Å². The Kier molecular flexibility index (Phi) is 6.40. The van der Waals surface area contributed by atoms with E-state index in [0.29, 0.717) is 23.1 Å². The van der Waals surface area contributed by atoms with Crippen LogP contribution in [0.15, 0.2) is 36.4 Å². The Labute approximate surface area is 199 Å². The fourth-order valence-electron chi connectivity index (χ4n) is 4.23. The van der Waals surface area contributed by atoms with E-state index in [1.165, 1.54) is 18.1 Å². The van der Waals surface area contributed by atoms with Gasteiger partial charge in [0.05, 0.1) is 24.6 Å².